The number of para-hydroxylation sites is 1. The van der Waals surface area contributed by atoms with Crippen LogP contribution < -0.4 is 4.74 Å². The van der Waals surface area contributed by atoms with Crippen molar-refractivity contribution in [1.29, 1.82) is 0 Å². The van der Waals surface area contributed by atoms with Gasteiger partial charge in [-0.3, -0.25) is 4.79 Å². The van der Waals surface area contributed by atoms with E-state index < -0.39 is 5.82 Å². The molecule has 3 nitrogen and oxygen atoms in total. The average molecular weight is 313 g/mol. The summed E-state index contributed by atoms with van der Waals surface area (Å²) in [5.41, 5.74) is 2.09. The molecule has 2 aromatic carbocycles. The monoisotopic (exact) mass is 313 g/mol. The summed E-state index contributed by atoms with van der Waals surface area (Å²) in [4.78, 5) is 13.9. The molecule has 1 heterocycles. The van der Waals surface area contributed by atoms with Crippen LogP contribution in [-0.4, -0.2) is 30.0 Å². The number of carbonyl (C=O) groups is 1. The number of amides is 1. The summed E-state index contributed by atoms with van der Waals surface area (Å²) in [5.74, 6) is 0.135. The molecule has 23 heavy (non-hydrogen) atoms. The van der Waals surface area contributed by atoms with E-state index in [1.165, 1.54) is 6.07 Å². The third-order valence-corrected chi connectivity index (χ3v) is 4.14. The van der Waals surface area contributed by atoms with Crippen LogP contribution in [0.15, 0.2) is 42.5 Å². The van der Waals surface area contributed by atoms with E-state index in [0.717, 1.165) is 23.3 Å². The second kappa shape index (κ2) is 6.41. The second-order valence-electron chi connectivity index (χ2n) is 5.89. The minimum absolute atomic E-state index is 0.0276. The fraction of sp³-hybridized carbons (Fsp3) is 0.316. The predicted octanol–water partition coefficient (Wildman–Crippen LogP) is 3.60. The number of ether oxygens (including phenoxy) is 1. The first-order valence-corrected chi connectivity index (χ1v) is 7.88. The molecule has 1 amide bonds. The summed E-state index contributed by atoms with van der Waals surface area (Å²) in [6, 6.07) is 12.6. The summed E-state index contributed by atoms with van der Waals surface area (Å²) in [5, 5.41) is 0. The van der Waals surface area contributed by atoms with Gasteiger partial charge in [0, 0.05) is 0 Å². The van der Waals surface area contributed by atoms with E-state index in [0.29, 0.717) is 13.1 Å². The van der Waals surface area contributed by atoms with Gasteiger partial charge in [0.2, 0.25) is 0 Å². The maximum atomic E-state index is 13.9. The van der Waals surface area contributed by atoms with E-state index in [1.807, 2.05) is 24.3 Å². The van der Waals surface area contributed by atoms with Crippen LogP contribution in [0.5, 0.6) is 5.75 Å². The first-order chi connectivity index (χ1) is 11.1. The Labute approximate surface area is 135 Å². The van der Waals surface area contributed by atoms with Crippen molar-refractivity contribution in [2.75, 3.05) is 13.1 Å². The highest BCUT2D eigenvalue weighted by Gasteiger charge is 2.34. The van der Waals surface area contributed by atoms with Gasteiger partial charge in [-0.05, 0) is 42.7 Å². The van der Waals surface area contributed by atoms with Crippen molar-refractivity contribution in [2.45, 2.75) is 26.4 Å². The van der Waals surface area contributed by atoms with Gasteiger partial charge in [0.15, 0.2) is 0 Å². The molecule has 4 heteroatoms. The highest BCUT2D eigenvalue weighted by atomic mass is 19.1. The molecule has 2 aromatic rings. The third kappa shape index (κ3) is 3.21. The Bertz CT molecular complexity index is 723. The highest BCUT2D eigenvalue weighted by Crippen LogP contribution is 2.24. The molecule has 1 fully saturated rings. The van der Waals surface area contributed by atoms with Crippen LogP contribution in [-0.2, 0) is 6.42 Å². The maximum Gasteiger partial charge on any atom is 0.257 e. The van der Waals surface area contributed by atoms with Crippen LogP contribution >= 0.6 is 0 Å². The minimum atomic E-state index is -0.462. The molecule has 0 atom stereocenters. The topological polar surface area (TPSA) is 29.5 Å². The molecule has 0 aromatic heterocycles. The standard InChI is InChI=1S/C19H20FNO2/c1-3-14-6-4-5-7-18(14)23-15-11-21(12-15)19(22)16-9-8-13(2)10-17(16)20/h4-10,15H,3,11-12H2,1-2H3. The van der Waals surface area contributed by atoms with E-state index >= 15 is 0 Å². The molecule has 0 saturated carbocycles. The Morgan fingerprint density at radius 3 is 2.70 bits per heavy atom. The van der Waals surface area contributed by atoms with Crippen LogP contribution in [0.3, 0.4) is 0 Å². The molecule has 1 saturated heterocycles. The molecule has 0 unspecified atom stereocenters. The van der Waals surface area contributed by atoms with Gasteiger partial charge < -0.3 is 9.64 Å². The smallest absolute Gasteiger partial charge is 0.257 e. The molecule has 0 bridgehead atoms. The van der Waals surface area contributed by atoms with Gasteiger partial charge in [-0.1, -0.05) is 31.2 Å². The average Bonchev–Trinajstić information content (AvgIpc) is 2.50. The molecular formula is C19H20FNO2. The number of carbonyl (C=O) groups excluding carboxylic acids is 1. The van der Waals surface area contributed by atoms with Gasteiger partial charge in [0.1, 0.15) is 17.7 Å². The normalized spacial score (nSPS) is 14.5. The van der Waals surface area contributed by atoms with Gasteiger partial charge >= 0.3 is 0 Å². The number of likely N-dealkylation sites (tertiary alicyclic amines) is 1. The lowest BCUT2D eigenvalue weighted by Crippen LogP contribution is -2.56. The lowest BCUT2D eigenvalue weighted by molar-refractivity contribution is 0.0171. The molecule has 1 aliphatic heterocycles. The van der Waals surface area contributed by atoms with Crippen molar-refractivity contribution in [3.05, 3.63) is 65.0 Å². The minimum Gasteiger partial charge on any atom is -0.486 e. The van der Waals surface area contributed by atoms with Gasteiger partial charge in [0.25, 0.3) is 5.91 Å². The van der Waals surface area contributed by atoms with Gasteiger partial charge in [-0.2, -0.15) is 0 Å². The van der Waals surface area contributed by atoms with Crippen LogP contribution in [0.2, 0.25) is 0 Å². The van der Waals surface area contributed by atoms with E-state index in [4.69, 9.17) is 4.74 Å². The van der Waals surface area contributed by atoms with Crippen molar-refractivity contribution in [3.8, 4) is 5.75 Å². The molecule has 0 spiro atoms. The highest BCUT2D eigenvalue weighted by molar-refractivity contribution is 5.95. The summed E-state index contributed by atoms with van der Waals surface area (Å²) in [6.45, 7) is 4.86. The Balaban J connectivity index is 1.61. The zero-order chi connectivity index (χ0) is 16.4. The summed E-state index contributed by atoms with van der Waals surface area (Å²) in [7, 11) is 0. The largest absolute Gasteiger partial charge is 0.486 e. The lowest BCUT2D eigenvalue weighted by Gasteiger charge is -2.39. The number of aryl methyl sites for hydroxylation is 2. The zero-order valence-corrected chi connectivity index (χ0v) is 13.4. The van der Waals surface area contributed by atoms with E-state index in [-0.39, 0.29) is 17.6 Å². The number of benzene rings is 2. The number of hydrogen-bond acceptors (Lipinski definition) is 2. The molecule has 3 rings (SSSR count). The Morgan fingerprint density at radius 2 is 2.00 bits per heavy atom. The molecule has 1 aliphatic rings. The SMILES string of the molecule is CCc1ccccc1OC1CN(C(=O)c2ccc(C)cc2F)C1. The van der Waals surface area contributed by atoms with Crippen LogP contribution in [0.4, 0.5) is 4.39 Å². The summed E-state index contributed by atoms with van der Waals surface area (Å²) < 4.78 is 19.8. The van der Waals surface area contributed by atoms with Crippen molar-refractivity contribution < 1.29 is 13.9 Å². The summed E-state index contributed by atoms with van der Waals surface area (Å²) >= 11 is 0. The van der Waals surface area contributed by atoms with E-state index in [2.05, 4.69) is 6.92 Å². The van der Waals surface area contributed by atoms with Crippen molar-refractivity contribution >= 4 is 5.91 Å². The fourth-order valence-electron chi connectivity index (χ4n) is 2.73. The van der Waals surface area contributed by atoms with Crippen molar-refractivity contribution in [3.63, 3.8) is 0 Å². The molecule has 120 valence electrons. The number of halogens is 1. The van der Waals surface area contributed by atoms with Gasteiger partial charge in [-0.15, -0.1) is 0 Å². The van der Waals surface area contributed by atoms with E-state index in [1.54, 1.807) is 24.0 Å². The van der Waals surface area contributed by atoms with E-state index in [9.17, 15) is 9.18 Å². The summed E-state index contributed by atoms with van der Waals surface area (Å²) in [6.07, 6.45) is 0.875. The fourth-order valence-corrected chi connectivity index (χ4v) is 2.73. The van der Waals surface area contributed by atoms with Crippen molar-refractivity contribution in [2.24, 2.45) is 0 Å². The predicted molar refractivity (Wildman–Crippen MR) is 87.3 cm³/mol. The Hall–Kier alpha value is -2.36. The molecule has 0 radical (unpaired) electrons. The first kappa shape index (κ1) is 15.5. The molecule has 0 N–H and O–H groups in total. The molecule has 0 aliphatic carbocycles. The molecular weight excluding hydrogens is 293 g/mol. The Morgan fingerprint density at radius 1 is 1.26 bits per heavy atom. The second-order valence-corrected chi connectivity index (χ2v) is 5.89. The zero-order valence-electron chi connectivity index (χ0n) is 13.4. The third-order valence-electron chi connectivity index (χ3n) is 4.14. The van der Waals surface area contributed by atoms with Gasteiger partial charge in [0.05, 0.1) is 18.7 Å². The number of hydrogen-bond donors (Lipinski definition) is 0. The lowest BCUT2D eigenvalue weighted by atomic mass is 10.1. The maximum absolute atomic E-state index is 13.9. The van der Waals surface area contributed by atoms with Crippen LogP contribution in [0.25, 0.3) is 0 Å². The number of nitrogens with zero attached hydrogens (tertiary/aromatic N) is 1. The quantitative estimate of drug-likeness (QED) is 0.863. The van der Waals surface area contributed by atoms with Crippen molar-refractivity contribution in [1.82, 2.24) is 4.90 Å². The first-order valence-electron chi connectivity index (χ1n) is 7.88. The number of rotatable bonds is 4. The Kier molecular flexibility index (Phi) is 4.33. The van der Waals surface area contributed by atoms with Crippen LogP contribution in [0.1, 0.15) is 28.4 Å². The van der Waals surface area contributed by atoms with Crippen LogP contribution in [0, 0.1) is 12.7 Å². The van der Waals surface area contributed by atoms with Gasteiger partial charge in [-0.25, -0.2) is 4.39 Å².